The van der Waals surface area contributed by atoms with Crippen LogP contribution in [0.3, 0.4) is 0 Å². The number of nitro benzene ring substituents is 1. The highest BCUT2D eigenvalue weighted by molar-refractivity contribution is 5.97. The van der Waals surface area contributed by atoms with E-state index in [1.807, 2.05) is 0 Å². The average Bonchev–Trinajstić information content (AvgIpc) is 2.97. The van der Waals surface area contributed by atoms with E-state index in [1.54, 1.807) is 19.1 Å². The number of carbonyl (C=O) groups excluding carboxylic acids is 2. The van der Waals surface area contributed by atoms with Gasteiger partial charge in [-0.3, -0.25) is 10.1 Å². The van der Waals surface area contributed by atoms with Crippen molar-refractivity contribution in [3.05, 3.63) is 69.8 Å². The maximum atomic E-state index is 14.2. The van der Waals surface area contributed by atoms with Crippen LogP contribution in [0.25, 0.3) is 0 Å². The first kappa shape index (κ1) is 31.7. The molecular weight excluding hydrogens is 535 g/mol. The number of nitrogens with zero attached hydrogens (tertiary/aromatic N) is 1. The fraction of sp³-hybridized carbons (Fsp3) is 0.467. The van der Waals surface area contributed by atoms with Crippen molar-refractivity contribution in [2.45, 2.75) is 65.3 Å². The Morgan fingerprint density at radius 3 is 2.44 bits per heavy atom. The van der Waals surface area contributed by atoms with E-state index < -0.39 is 52.2 Å². The number of carbonyl (C=O) groups is 2. The predicted molar refractivity (Wildman–Crippen MR) is 150 cm³/mol. The van der Waals surface area contributed by atoms with Crippen molar-refractivity contribution < 1.29 is 37.9 Å². The van der Waals surface area contributed by atoms with Gasteiger partial charge in [-0.15, -0.1) is 0 Å². The zero-order chi connectivity index (χ0) is 29.9. The topological polar surface area (TPSA) is 140 Å². The number of nitrogen functional groups attached to an aromatic ring is 1. The summed E-state index contributed by atoms with van der Waals surface area (Å²) in [5.74, 6) is -3.00. The van der Waals surface area contributed by atoms with Crippen LogP contribution < -0.4 is 15.2 Å². The van der Waals surface area contributed by atoms with Gasteiger partial charge in [-0.2, -0.15) is 0 Å². The van der Waals surface area contributed by atoms with Crippen LogP contribution >= 0.6 is 0 Å². The molecule has 0 spiro atoms. The van der Waals surface area contributed by atoms with Gasteiger partial charge in [0.25, 0.3) is 5.69 Å². The SMILES string of the molecule is CCCCCC=CC1COC(c2ccc(OC(=O)c3cc(N)c(OC(=O)[C@@H](F)[C@@H](C)CC)cc3[N+](=O)[O-])cc2)OC1. The number of rotatable bonds is 13. The number of hydrogen-bond donors (Lipinski definition) is 1. The fourth-order valence-electron chi connectivity index (χ4n) is 4.07. The quantitative estimate of drug-likeness (QED) is 0.0543. The molecule has 0 radical (unpaired) electrons. The maximum Gasteiger partial charge on any atom is 0.350 e. The number of alkyl halides is 1. The predicted octanol–water partition coefficient (Wildman–Crippen LogP) is 6.48. The van der Waals surface area contributed by atoms with Crippen molar-refractivity contribution in [1.29, 1.82) is 0 Å². The van der Waals surface area contributed by atoms with Gasteiger partial charge in [-0.05, 0) is 37.0 Å². The van der Waals surface area contributed by atoms with E-state index in [0.29, 0.717) is 19.6 Å². The summed E-state index contributed by atoms with van der Waals surface area (Å²) in [7, 11) is 0. The van der Waals surface area contributed by atoms with Crippen molar-refractivity contribution in [3.8, 4) is 11.5 Å². The van der Waals surface area contributed by atoms with E-state index in [9.17, 15) is 24.1 Å². The Kier molecular flexibility index (Phi) is 11.8. The van der Waals surface area contributed by atoms with Crippen molar-refractivity contribution in [2.75, 3.05) is 18.9 Å². The highest BCUT2D eigenvalue weighted by Crippen LogP contribution is 2.33. The molecule has 41 heavy (non-hydrogen) atoms. The third-order valence-electron chi connectivity index (χ3n) is 6.79. The first-order valence-corrected chi connectivity index (χ1v) is 13.8. The first-order valence-electron chi connectivity index (χ1n) is 13.8. The van der Waals surface area contributed by atoms with Crippen LogP contribution in [-0.4, -0.2) is 36.2 Å². The molecule has 3 rings (SSSR count). The minimum Gasteiger partial charge on any atom is -0.423 e. The molecule has 1 heterocycles. The van der Waals surface area contributed by atoms with Gasteiger partial charge >= 0.3 is 11.9 Å². The van der Waals surface area contributed by atoms with Crippen molar-refractivity contribution in [3.63, 3.8) is 0 Å². The molecule has 0 saturated carbocycles. The molecule has 10 nitrogen and oxygen atoms in total. The molecule has 11 heteroatoms. The summed E-state index contributed by atoms with van der Waals surface area (Å²) in [4.78, 5) is 35.8. The van der Waals surface area contributed by atoms with E-state index in [2.05, 4.69) is 19.1 Å². The van der Waals surface area contributed by atoms with Gasteiger partial charge < -0.3 is 24.7 Å². The van der Waals surface area contributed by atoms with Gasteiger partial charge in [0.15, 0.2) is 18.2 Å². The smallest absolute Gasteiger partial charge is 0.350 e. The zero-order valence-corrected chi connectivity index (χ0v) is 23.5. The van der Waals surface area contributed by atoms with E-state index in [0.717, 1.165) is 24.1 Å². The molecule has 2 N–H and O–H groups in total. The molecule has 1 fully saturated rings. The Morgan fingerprint density at radius 2 is 1.83 bits per heavy atom. The van der Waals surface area contributed by atoms with Crippen molar-refractivity contribution >= 4 is 23.3 Å². The molecule has 0 aliphatic carbocycles. The van der Waals surface area contributed by atoms with Crippen molar-refractivity contribution in [2.24, 2.45) is 11.8 Å². The number of nitrogens with two attached hydrogens (primary N) is 1. The van der Waals surface area contributed by atoms with Gasteiger partial charge in [0.1, 0.15) is 11.3 Å². The van der Waals surface area contributed by atoms with Crippen LogP contribution in [0, 0.1) is 22.0 Å². The Labute approximate surface area is 238 Å². The second-order valence-corrected chi connectivity index (χ2v) is 10.0. The summed E-state index contributed by atoms with van der Waals surface area (Å²) in [6, 6.07) is 8.14. The van der Waals surface area contributed by atoms with Crippen LogP contribution in [-0.2, 0) is 14.3 Å². The van der Waals surface area contributed by atoms with Crippen LogP contribution in [0.1, 0.15) is 75.1 Å². The van der Waals surface area contributed by atoms with Gasteiger partial charge in [-0.1, -0.05) is 64.3 Å². The summed E-state index contributed by atoms with van der Waals surface area (Å²) < 4.78 is 36.2. The van der Waals surface area contributed by atoms with Crippen LogP contribution in [0.5, 0.6) is 11.5 Å². The van der Waals surface area contributed by atoms with E-state index >= 15 is 0 Å². The molecule has 1 aliphatic rings. The Morgan fingerprint density at radius 1 is 1.15 bits per heavy atom. The second kappa shape index (κ2) is 15.2. The molecular formula is C30H37FN2O8. The average molecular weight is 573 g/mol. The summed E-state index contributed by atoms with van der Waals surface area (Å²) in [5, 5.41) is 11.7. The van der Waals surface area contributed by atoms with Crippen LogP contribution in [0.4, 0.5) is 15.8 Å². The van der Waals surface area contributed by atoms with E-state index in [-0.39, 0.29) is 17.4 Å². The minimum atomic E-state index is -1.94. The Bertz CT molecular complexity index is 1230. The number of benzene rings is 2. The van der Waals surface area contributed by atoms with Crippen LogP contribution in [0.2, 0.25) is 0 Å². The Balaban J connectivity index is 1.63. The van der Waals surface area contributed by atoms with Gasteiger partial charge in [0, 0.05) is 11.5 Å². The number of unbranched alkanes of at least 4 members (excludes halogenated alkanes) is 3. The normalized spacial score (nSPS) is 18.5. The number of nitro groups is 1. The summed E-state index contributed by atoms with van der Waals surface area (Å²) >= 11 is 0. The molecule has 0 aromatic heterocycles. The number of ether oxygens (including phenoxy) is 4. The summed E-state index contributed by atoms with van der Waals surface area (Å²) in [5.41, 5.74) is 5.17. The van der Waals surface area contributed by atoms with Crippen LogP contribution in [0.15, 0.2) is 48.6 Å². The summed E-state index contributed by atoms with van der Waals surface area (Å²) in [6.07, 6.45) is 6.79. The lowest BCUT2D eigenvalue weighted by Gasteiger charge is -2.28. The lowest BCUT2D eigenvalue weighted by atomic mass is 10.0. The minimum absolute atomic E-state index is 0.125. The lowest BCUT2D eigenvalue weighted by molar-refractivity contribution is -0.385. The second-order valence-electron chi connectivity index (χ2n) is 10.0. The number of esters is 2. The lowest BCUT2D eigenvalue weighted by Crippen LogP contribution is -2.28. The molecule has 1 saturated heterocycles. The third-order valence-corrected chi connectivity index (χ3v) is 6.79. The molecule has 1 aliphatic heterocycles. The largest absolute Gasteiger partial charge is 0.423 e. The molecule has 0 unspecified atom stereocenters. The highest BCUT2D eigenvalue weighted by atomic mass is 19.1. The molecule has 222 valence electrons. The third kappa shape index (κ3) is 8.83. The summed E-state index contributed by atoms with van der Waals surface area (Å²) in [6.45, 7) is 6.45. The Hall–Kier alpha value is -3.83. The van der Waals surface area contributed by atoms with E-state index in [1.165, 1.54) is 38.3 Å². The van der Waals surface area contributed by atoms with Crippen molar-refractivity contribution in [1.82, 2.24) is 0 Å². The molecule has 2 atom stereocenters. The van der Waals surface area contributed by atoms with Gasteiger partial charge in [0.05, 0.1) is 29.9 Å². The molecule has 2 aromatic carbocycles. The standard InChI is InChI=1S/C30H37FN2O8/c1-4-6-7-8-9-10-20-17-38-30(39-18-20)21-11-13-22(14-12-21)40-28(34)23-15-24(32)26(16-25(23)33(36)37)41-29(35)27(31)19(3)5-2/h9-16,19-20,27,30H,4-8,17-18,32H2,1-3H3/t19-,20?,27-,30?/m0/s1. The monoisotopic (exact) mass is 572 g/mol. The highest BCUT2D eigenvalue weighted by Gasteiger charge is 2.30. The molecule has 0 bridgehead atoms. The number of hydrogen-bond acceptors (Lipinski definition) is 9. The zero-order valence-electron chi connectivity index (χ0n) is 23.5. The number of anilines is 1. The molecule has 0 amide bonds. The first-order chi connectivity index (χ1) is 19.6. The van der Waals surface area contributed by atoms with Gasteiger partial charge in [0.2, 0.25) is 0 Å². The molecule has 2 aromatic rings. The van der Waals surface area contributed by atoms with Gasteiger partial charge in [-0.25, -0.2) is 14.0 Å². The maximum absolute atomic E-state index is 14.2. The number of allylic oxidation sites excluding steroid dienone is 1. The van der Waals surface area contributed by atoms with E-state index in [4.69, 9.17) is 24.7 Å². The number of halogens is 1. The fourth-order valence-corrected chi connectivity index (χ4v) is 4.07.